The van der Waals surface area contributed by atoms with Gasteiger partial charge in [-0.15, -0.1) is 11.3 Å². The topological polar surface area (TPSA) is 55.1 Å². The zero-order chi connectivity index (χ0) is 16.5. The number of carbonyl (C=O) groups is 1. The summed E-state index contributed by atoms with van der Waals surface area (Å²) >= 11 is 1.47. The summed E-state index contributed by atoms with van der Waals surface area (Å²) in [6.07, 6.45) is 9.46. The van der Waals surface area contributed by atoms with Gasteiger partial charge in [-0.2, -0.15) is 0 Å². The molecular weight excluding hydrogens is 316 g/mol. The molecule has 1 saturated carbocycles. The van der Waals surface area contributed by atoms with Gasteiger partial charge < -0.3 is 11.1 Å². The van der Waals surface area contributed by atoms with Crippen LogP contribution in [0.1, 0.15) is 60.0 Å². The lowest BCUT2D eigenvalue weighted by molar-refractivity contribution is 0.0940. The molecule has 0 spiro atoms. The van der Waals surface area contributed by atoms with Gasteiger partial charge in [-0.1, -0.05) is 31.0 Å². The van der Waals surface area contributed by atoms with Crippen molar-refractivity contribution in [2.45, 2.75) is 57.4 Å². The summed E-state index contributed by atoms with van der Waals surface area (Å²) in [5.41, 5.74) is 11.8. The number of fused-ring (bicyclic) bond motifs is 1. The molecule has 24 heavy (non-hydrogen) atoms. The molecule has 1 heterocycles. The SMILES string of the molecule is Nc1scc(-c2ccc3c(c2)CCCC3)c1C(=O)NC1CCCC1. The standard InChI is InChI=1S/C20H24N2OS/c21-19-18(20(23)22-16-7-3-4-8-16)17(12-24-19)15-10-9-13-5-1-2-6-14(13)11-15/h9-12,16H,1-8,21H2,(H,22,23). The first-order valence-electron chi connectivity index (χ1n) is 9.02. The Morgan fingerprint density at radius 3 is 2.62 bits per heavy atom. The summed E-state index contributed by atoms with van der Waals surface area (Å²) in [7, 11) is 0. The summed E-state index contributed by atoms with van der Waals surface area (Å²) in [6.45, 7) is 0. The molecule has 0 atom stereocenters. The van der Waals surface area contributed by atoms with Crippen molar-refractivity contribution < 1.29 is 4.79 Å². The number of nitrogens with two attached hydrogens (primary N) is 1. The van der Waals surface area contributed by atoms with Crippen LogP contribution in [0.25, 0.3) is 11.1 Å². The number of hydrogen-bond donors (Lipinski definition) is 2. The van der Waals surface area contributed by atoms with E-state index in [0.717, 1.165) is 30.4 Å². The lowest BCUT2D eigenvalue weighted by Gasteiger charge is -2.17. The number of amides is 1. The van der Waals surface area contributed by atoms with E-state index in [1.54, 1.807) is 0 Å². The van der Waals surface area contributed by atoms with Crippen molar-refractivity contribution in [3.8, 4) is 11.1 Å². The highest BCUT2D eigenvalue weighted by Gasteiger charge is 2.23. The Labute approximate surface area is 147 Å². The number of nitrogens with one attached hydrogen (secondary N) is 1. The van der Waals surface area contributed by atoms with Gasteiger partial charge in [0, 0.05) is 17.0 Å². The van der Waals surface area contributed by atoms with Crippen LogP contribution in [-0.4, -0.2) is 11.9 Å². The van der Waals surface area contributed by atoms with Crippen molar-refractivity contribution in [3.63, 3.8) is 0 Å². The summed E-state index contributed by atoms with van der Waals surface area (Å²) in [6, 6.07) is 6.96. The van der Waals surface area contributed by atoms with Gasteiger partial charge in [0.2, 0.25) is 0 Å². The van der Waals surface area contributed by atoms with E-state index in [2.05, 4.69) is 23.5 Å². The van der Waals surface area contributed by atoms with Gasteiger partial charge >= 0.3 is 0 Å². The molecule has 0 radical (unpaired) electrons. The Hall–Kier alpha value is -1.81. The fraction of sp³-hybridized carbons (Fsp3) is 0.450. The smallest absolute Gasteiger partial charge is 0.255 e. The minimum absolute atomic E-state index is 0.00614. The van der Waals surface area contributed by atoms with Crippen LogP contribution in [0, 0.1) is 0 Å². The van der Waals surface area contributed by atoms with E-state index >= 15 is 0 Å². The zero-order valence-corrected chi connectivity index (χ0v) is 14.8. The molecule has 2 aromatic rings. The number of thiophene rings is 1. The van der Waals surface area contributed by atoms with Crippen LogP contribution >= 0.6 is 11.3 Å². The van der Waals surface area contributed by atoms with Crippen LogP contribution in [0.3, 0.4) is 0 Å². The minimum Gasteiger partial charge on any atom is -0.390 e. The van der Waals surface area contributed by atoms with Gasteiger partial charge in [0.05, 0.1) is 10.6 Å². The highest BCUT2D eigenvalue weighted by Crippen LogP contribution is 2.36. The molecule has 1 aromatic carbocycles. The van der Waals surface area contributed by atoms with E-state index in [1.807, 2.05) is 5.38 Å². The van der Waals surface area contributed by atoms with E-state index in [4.69, 9.17) is 5.73 Å². The van der Waals surface area contributed by atoms with Crippen LogP contribution in [-0.2, 0) is 12.8 Å². The van der Waals surface area contributed by atoms with Crippen molar-refractivity contribution >= 4 is 22.2 Å². The number of aryl methyl sites for hydroxylation is 2. The highest BCUT2D eigenvalue weighted by molar-refractivity contribution is 7.15. The number of carbonyl (C=O) groups excluding carboxylic acids is 1. The Morgan fingerprint density at radius 1 is 1.08 bits per heavy atom. The Morgan fingerprint density at radius 2 is 1.83 bits per heavy atom. The number of benzene rings is 1. The first-order valence-corrected chi connectivity index (χ1v) is 9.90. The molecular formula is C20H24N2OS. The molecule has 3 nitrogen and oxygen atoms in total. The Balaban J connectivity index is 1.65. The van der Waals surface area contributed by atoms with Crippen molar-refractivity contribution in [2.75, 3.05) is 5.73 Å². The number of hydrogen-bond acceptors (Lipinski definition) is 3. The minimum atomic E-state index is -0.00614. The molecule has 0 saturated heterocycles. The first-order chi connectivity index (χ1) is 11.7. The molecule has 4 rings (SSSR count). The fourth-order valence-electron chi connectivity index (χ4n) is 4.05. The van der Waals surface area contributed by atoms with Crippen molar-refractivity contribution in [1.82, 2.24) is 5.32 Å². The van der Waals surface area contributed by atoms with Crippen molar-refractivity contribution in [3.05, 3.63) is 40.3 Å². The second kappa shape index (κ2) is 6.60. The molecule has 1 fully saturated rings. The molecule has 2 aliphatic rings. The quantitative estimate of drug-likeness (QED) is 0.861. The number of anilines is 1. The third kappa shape index (κ3) is 2.95. The first kappa shape index (κ1) is 15.7. The fourth-order valence-corrected chi connectivity index (χ4v) is 4.87. The predicted molar refractivity (Wildman–Crippen MR) is 101 cm³/mol. The third-order valence-corrected chi connectivity index (χ3v) is 6.21. The van der Waals surface area contributed by atoms with Gasteiger partial charge in [0.1, 0.15) is 0 Å². The molecule has 3 N–H and O–H groups in total. The van der Waals surface area contributed by atoms with E-state index in [9.17, 15) is 4.79 Å². The molecule has 4 heteroatoms. The van der Waals surface area contributed by atoms with Gasteiger partial charge in [0.25, 0.3) is 5.91 Å². The highest BCUT2D eigenvalue weighted by atomic mass is 32.1. The maximum absolute atomic E-state index is 12.8. The summed E-state index contributed by atoms with van der Waals surface area (Å²) in [5.74, 6) is -0.00614. The van der Waals surface area contributed by atoms with Crippen molar-refractivity contribution in [2.24, 2.45) is 0 Å². The molecule has 0 unspecified atom stereocenters. The lowest BCUT2D eigenvalue weighted by atomic mass is 9.89. The van der Waals surface area contributed by atoms with E-state index < -0.39 is 0 Å². The normalized spacial score (nSPS) is 17.7. The van der Waals surface area contributed by atoms with Crippen LogP contribution in [0.5, 0.6) is 0 Å². The maximum atomic E-state index is 12.8. The van der Waals surface area contributed by atoms with E-state index in [0.29, 0.717) is 16.6 Å². The van der Waals surface area contributed by atoms with E-state index in [-0.39, 0.29) is 5.91 Å². The van der Waals surface area contributed by atoms with Gasteiger partial charge in [-0.05, 0) is 55.2 Å². The van der Waals surface area contributed by atoms with Gasteiger partial charge in [-0.25, -0.2) is 0 Å². The second-order valence-electron chi connectivity index (χ2n) is 7.03. The molecule has 1 aromatic heterocycles. The number of rotatable bonds is 3. The van der Waals surface area contributed by atoms with Crippen molar-refractivity contribution in [1.29, 1.82) is 0 Å². The van der Waals surface area contributed by atoms with Crippen LogP contribution < -0.4 is 11.1 Å². The molecule has 0 bridgehead atoms. The van der Waals surface area contributed by atoms with E-state index in [1.165, 1.54) is 54.6 Å². The average molecular weight is 340 g/mol. The zero-order valence-electron chi connectivity index (χ0n) is 13.9. The van der Waals surface area contributed by atoms with Gasteiger partial charge in [-0.3, -0.25) is 4.79 Å². The average Bonchev–Trinajstić information content (AvgIpc) is 3.24. The lowest BCUT2D eigenvalue weighted by Crippen LogP contribution is -2.33. The van der Waals surface area contributed by atoms with Crippen LogP contribution in [0.15, 0.2) is 23.6 Å². The van der Waals surface area contributed by atoms with Crippen LogP contribution in [0.4, 0.5) is 5.00 Å². The molecule has 0 aliphatic heterocycles. The molecule has 2 aliphatic carbocycles. The monoisotopic (exact) mass is 340 g/mol. The third-order valence-electron chi connectivity index (χ3n) is 5.40. The molecule has 1 amide bonds. The van der Waals surface area contributed by atoms with Gasteiger partial charge in [0.15, 0.2) is 0 Å². The summed E-state index contributed by atoms with van der Waals surface area (Å²) < 4.78 is 0. The molecule has 126 valence electrons. The largest absolute Gasteiger partial charge is 0.390 e. The summed E-state index contributed by atoms with van der Waals surface area (Å²) in [4.78, 5) is 12.8. The second-order valence-corrected chi connectivity index (χ2v) is 7.95. The maximum Gasteiger partial charge on any atom is 0.255 e. The predicted octanol–water partition coefficient (Wildman–Crippen LogP) is 4.55. The Bertz CT molecular complexity index is 759. The number of nitrogen functional groups attached to an aromatic ring is 1. The summed E-state index contributed by atoms with van der Waals surface area (Å²) in [5, 5.41) is 5.84. The van der Waals surface area contributed by atoms with Crippen LogP contribution in [0.2, 0.25) is 0 Å². The Kier molecular flexibility index (Phi) is 4.31.